The summed E-state index contributed by atoms with van der Waals surface area (Å²) in [5.74, 6) is -0.00254. The number of nitrogens with zero attached hydrogens (tertiary/aromatic N) is 3. The molecular formula is C21H26ClN3O3S. The number of aromatic nitrogens is 1. The van der Waals surface area contributed by atoms with Crippen molar-refractivity contribution in [3.8, 4) is 0 Å². The Morgan fingerprint density at radius 2 is 2.07 bits per heavy atom. The van der Waals surface area contributed by atoms with Crippen molar-refractivity contribution in [2.75, 3.05) is 18.0 Å². The topological polar surface area (TPSA) is 70.6 Å². The second kappa shape index (κ2) is 8.81. The third kappa shape index (κ3) is 4.63. The average Bonchev–Trinajstić information content (AvgIpc) is 2.69. The molecule has 8 heteroatoms. The quantitative estimate of drug-likeness (QED) is 0.705. The molecular weight excluding hydrogens is 410 g/mol. The zero-order valence-corrected chi connectivity index (χ0v) is 18.4. The highest BCUT2D eigenvalue weighted by Gasteiger charge is 2.31. The van der Waals surface area contributed by atoms with Crippen molar-refractivity contribution < 1.29 is 13.2 Å². The van der Waals surface area contributed by atoms with Gasteiger partial charge in [0.15, 0.2) is 0 Å². The number of carbonyl (C=O) groups excluding carboxylic acids is 1. The fourth-order valence-electron chi connectivity index (χ4n) is 3.62. The maximum atomic E-state index is 13.3. The zero-order valence-electron chi connectivity index (χ0n) is 16.9. The largest absolute Gasteiger partial charge is 0.304 e. The van der Waals surface area contributed by atoms with Gasteiger partial charge in [0.2, 0.25) is 10.0 Å². The van der Waals surface area contributed by atoms with Gasteiger partial charge in [0.05, 0.1) is 16.9 Å². The van der Waals surface area contributed by atoms with Crippen LogP contribution in [0.4, 0.5) is 5.69 Å². The van der Waals surface area contributed by atoms with E-state index in [9.17, 15) is 13.2 Å². The molecule has 1 unspecified atom stereocenters. The van der Waals surface area contributed by atoms with Gasteiger partial charge in [0.1, 0.15) is 4.90 Å². The molecule has 0 saturated carbocycles. The second-order valence-electron chi connectivity index (χ2n) is 7.74. The Morgan fingerprint density at radius 3 is 2.69 bits per heavy atom. The first-order valence-corrected chi connectivity index (χ1v) is 11.6. The number of benzene rings is 1. The number of hydrogen-bond acceptors (Lipinski definition) is 4. The van der Waals surface area contributed by atoms with Crippen molar-refractivity contribution >= 4 is 33.2 Å². The van der Waals surface area contributed by atoms with Crippen LogP contribution in [0.3, 0.4) is 0 Å². The molecule has 1 atom stereocenters. The molecule has 1 aliphatic rings. The highest BCUT2D eigenvalue weighted by molar-refractivity contribution is 7.89. The minimum Gasteiger partial charge on any atom is -0.304 e. The van der Waals surface area contributed by atoms with Gasteiger partial charge in [0, 0.05) is 30.9 Å². The highest BCUT2D eigenvalue weighted by atomic mass is 35.5. The number of rotatable bonds is 5. The standard InChI is InChI=1S/C21H26ClN3O3S/c1-15(2)25(18-7-4-10-23-13-18)21(26)17-8-9-19(22)20(12-17)29(27,28)24-11-5-6-16(3)14-24/h4,7-10,12-13,15-16H,5-6,11,14H2,1-3H3. The minimum absolute atomic E-state index is 0.0194. The number of pyridine rings is 1. The van der Waals surface area contributed by atoms with Crippen LogP contribution in [0.15, 0.2) is 47.6 Å². The average molecular weight is 436 g/mol. The molecule has 156 valence electrons. The molecule has 1 aliphatic heterocycles. The van der Waals surface area contributed by atoms with Crippen molar-refractivity contribution in [1.29, 1.82) is 0 Å². The Hall–Kier alpha value is -1.96. The molecule has 1 fully saturated rings. The van der Waals surface area contributed by atoms with Crippen LogP contribution < -0.4 is 4.90 Å². The van der Waals surface area contributed by atoms with Crippen molar-refractivity contribution in [2.24, 2.45) is 5.92 Å². The summed E-state index contributed by atoms with van der Waals surface area (Å²) in [7, 11) is -3.77. The van der Waals surface area contributed by atoms with Crippen LogP contribution in [-0.2, 0) is 10.0 Å². The number of halogens is 1. The van der Waals surface area contributed by atoms with E-state index in [1.54, 1.807) is 35.5 Å². The summed E-state index contributed by atoms with van der Waals surface area (Å²) < 4.78 is 27.9. The summed E-state index contributed by atoms with van der Waals surface area (Å²) in [5.41, 5.74) is 0.923. The van der Waals surface area contributed by atoms with Crippen molar-refractivity contribution in [1.82, 2.24) is 9.29 Å². The predicted octanol–water partition coefficient (Wildman–Crippen LogP) is 4.21. The molecule has 0 radical (unpaired) electrons. The molecule has 29 heavy (non-hydrogen) atoms. The fourth-order valence-corrected chi connectivity index (χ4v) is 5.72. The molecule has 2 heterocycles. The molecule has 0 bridgehead atoms. The number of anilines is 1. The first-order valence-electron chi connectivity index (χ1n) is 9.75. The number of carbonyl (C=O) groups is 1. The van der Waals surface area contributed by atoms with Gasteiger partial charge in [-0.3, -0.25) is 9.78 Å². The molecule has 1 aromatic carbocycles. The van der Waals surface area contributed by atoms with E-state index in [2.05, 4.69) is 4.98 Å². The highest BCUT2D eigenvalue weighted by Crippen LogP contribution is 2.30. The second-order valence-corrected chi connectivity index (χ2v) is 10.0. The SMILES string of the molecule is CC1CCCN(S(=O)(=O)c2cc(C(=O)N(c3cccnc3)C(C)C)ccc2Cl)C1. The Kier molecular flexibility index (Phi) is 6.61. The van der Waals surface area contributed by atoms with Gasteiger partial charge in [-0.05, 0) is 62.9 Å². The zero-order chi connectivity index (χ0) is 21.2. The van der Waals surface area contributed by atoms with Crippen molar-refractivity contribution in [3.63, 3.8) is 0 Å². The molecule has 0 spiro atoms. The van der Waals surface area contributed by atoms with E-state index in [-0.39, 0.29) is 27.4 Å². The van der Waals surface area contributed by atoms with E-state index >= 15 is 0 Å². The maximum Gasteiger partial charge on any atom is 0.258 e. The van der Waals surface area contributed by atoms with Crippen molar-refractivity contribution in [3.05, 3.63) is 53.3 Å². The van der Waals surface area contributed by atoms with Crippen LogP contribution in [0, 0.1) is 5.92 Å². The predicted molar refractivity (Wildman–Crippen MR) is 115 cm³/mol. The van der Waals surface area contributed by atoms with E-state index in [4.69, 9.17) is 11.6 Å². The van der Waals surface area contributed by atoms with Gasteiger partial charge in [0.25, 0.3) is 5.91 Å². The van der Waals surface area contributed by atoms with E-state index < -0.39 is 10.0 Å². The van der Waals surface area contributed by atoms with Gasteiger partial charge in [-0.1, -0.05) is 18.5 Å². The molecule has 6 nitrogen and oxygen atoms in total. The molecule has 1 amide bonds. The van der Waals surface area contributed by atoms with E-state index in [1.165, 1.54) is 16.4 Å². The van der Waals surface area contributed by atoms with Gasteiger partial charge in [-0.15, -0.1) is 0 Å². The summed E-state index contributed by atoms with van der Waals surface area (Å²) in [5, 5.41) is 0.122. The van der Waals surface area contributed by atoms with Crippen LogP contribution in [-0.4, -0.2) is 42.7 Å². The fraction of sp³-hybridized carbons (Fsp3) is 0.429. The van der Waals surface area contributed by atoms with Crippen LogP contribution in [0.5, 0.6) is 0 Å². The Labute approximate surface area is 177 Å². The molecule has 2 aromatic rings. The third-order valence-corrected chi connectivity index (χ3v) is 7.42. The summed E-state index contributed by atoms with van der Waals surface area (Å²) in [6.45, 7) is 6.76. The first kappa shape index (κ1) is 21.7. The number of sulfonamides is 1. The van der Waals surface area contributed by atoms with Crippen LogP contribution in [0.1, 0.15) is 44.0 Å². The molecule has 0 aliphatic carbocycles. The number of hydrogen-bond donors (Lipinski definition) is 0. The summed E-state index contributed by atoms with van der Waals surface area (Å²) in [4.78, 5) is 18.9. The number of piperidine rings is 1. The van der Waals surface area contributed by atoms with E-state index in [0.29, 0.717) is 24.7 Å². The number of amides is 1. The molecule has 1 saturated heterocycles. The van der Waals surface area contributed by atoms with Gasteiger partial charge in [-0.2, -0.15) is 4.31 Å². The lowest BCUT2D eigenvalue weighted by atomic mass is 10.0. The monoisotopic (exact) mass is 435 g/mol. The van der Waals surface area contributed by atoms with Crippen molar-refractivity contribution in [2.45, 2.75) is 44.6 Å². The lowest BCUT2D eigenvalue weighted by Gasteiger charge is -2.30. The summed E-state index contributed by atoms with van der Waals surface area (Å²) >= 11 is 6.26. The summed E-state index contributed by atoms with van der Waals surface area (Å²) in [6.07, 6.45) is 5.07. The van der Waals surface area contributed by atoms with Gasteiger partial charge >= 0.3 is 0 Å². The van der Waals surface area contributed by atoms with Crippen LogP contribution in [0.2, 0.25) is 5.02 Å². The Balaban J connectivity index is 1.99. The maximum absolute atomic E-state index is 13.3. The molecule has 0 N–H and O–H groups in total. The lowest BCUT2D eigenvalue weighted by Crippen LogP contribution is -2.39. The lowest BCUT2D eigenvalue weighted by molar-refractivity contribution is 0.0980. The molecule has 1 aromatic heterocycles. The van der Waals surface area contributed by atoms with Crippen LogP contribution in [0.25, 0.3) is 0 Å². The first-order chi connectivity index (χ1) is 13.7. The normalized spacial score (nSPS) is 18.0. The van der Waals surface area contributed by atoms with Gasteiger partial charge in [-0.25, -0.2) is 8.42 Å². The van der Waals surface area contributed by atoms with E-state index in [1.807, 2.05) is 20.8 Å². The Bertz CT molecular complexity index is 980. The van der Waals surface area contributed by atoms with E-state index in [0.717, 1.165) is 12.8 Å². The summed E-state index contributed by atoms with van der Waals surface area (Å²) in [6, 6.07) is 7.86. The third-order valence-electron chi connectivity index (χ3n) is 5.08. The minimum atomic E-state index is -3.77. The van der Waals surface area contributed by atoms with Gasteiger partial charge < -0.3 is 4.90 Å². The Morgan fingerprint density at radius 1 is 1.31 bits per heavy atom. The smallest absolute Gasteiger partial charge is 0.258 e. The van der Waals surface area contributed by atoms with Crippen LogP contribution >= 0.6 is 11.6 Å². The molecule has 3 rings (SSSR count).